The van der Waals surface area contributed by atoms with E-state index in [4.69, 9.17) is 27.9 Å². The van der Waals surface area contributed by atoms with Gasteiger partial charge in [0.2, 0.25) is 0 Å². The van der Waals surface area contributed by atoms with Crippen molar-refractivity contribution in [3.8, 4) is 0 Å². The van der Waals surface area contributed by atoms with Crippen LogP contribution in [-0.4, -0.2) is 24.0 Å². The fourth-order valence-corrected chi connectivity index (χ4v) is 3.83. The van der Waals surface area contributed by atoms with Crippen molar-refractivity contribution in [2.24, 2.45) is 0 Å². The molecule has 106 valence electrons. The lowest BCUT2D eigenvalue weighted by Gasteiger charge is -2.34. The van der Waals surface area contributed by atoms with Crippen LogP contribution in [0.25, 0.3) is 0 Å². The summed E-state index contributed by atoms with van der Waals surface area (Å²) in [5, 5.41) is 0. The van der Waals surface area contributed by atoms with Gasteiger partial charge in [-0.3, -0.25) is 0 Å². The number of ether oxygens (including phenoxy) is 1. The molecule has 1 nitrogen and oxygen atoms in total. The van der Waals surface area contributed by atoms with E-state index < -0.39 is 0 Å². The van der Waals surface area contributed by atoms with Gasteiger partial charge in [-0.05, 0) is 44.2 Å². The highest BCUT2D eigenvalue weighted by Gasteiger charge is 2.37. The third-order valence-electron chi connectivity index (χ3n) is 4.17. The van der Waals surface area contributed by atoms with Crippen LogP contribution in [0, 0.1) is 6.92 Å². The number of alkyl halides is 2. The van der Waals surface area contributed by atoms with Gasteiger partial charge in [0.05, 0.1) is 12.2 Å². The Hall–Kier alpha value is -0.240. The van der Waals surface area contributed by atoms with Gasteiger partial charge in [-0.15, -0.1) is 23.2 Å². The molecule has 0 N–H and O–H groups in total. The van der Waals surface area contributed by atoms with Crippen LogP contribution >= 0.6 is 23.2 Å². The van der Waals surface area contributed by atoms with E-state index in [1.54, 1.807) is 0 Å². The normalized spacial score (nSPS) is 23.8. The maximum Gasteiger partial charge on any atom is 0.0589 e. The van der Waals surface area contributed by atoms with E-state index in [2.05, 4.69) is 38.1 Å². The van der Waals surface area contributed by atoms with E-state index >= 15 is 0 Å². The zero-order valence-electron chi connectivity index (χ0n) is 11.7. The van der Waals surface area contributed by atoms with Gasteiger partial charge < -0.3 is 4.74 Å². The molecule has 1 heterocycles. The van der Waals surface area contributed by atoms with Gasteiger partial charge >= 0.3 is 0 Å². The smallest absolute Gasteiger partial charge is 0.0589 e. The Morgan fingerprint density at radius 3 is 2.42 bits per heavy atom. The number of rotatable bonds is 5. The molecule has 0 aromatic heterocycles. The minimum atomic E-state index is -0.177. The van der Waals surface area contributed by atoms with Crippen LogP contribution in [0.3, 0.4) is 0 Å². The van der Waals surface area contributed by atoms with Crippen LogP contribution in [0.5, 0.6) is 0 Å². The second-order valence-corrected chi connectivity index (χ2v) is 6.25. The van der Waals surface area contributed by atoms with Crippen LogP contribution in [0.2, 0.25) is 0 Å². The minimum Gasteiger partial charge on any atom is -0.375 e. The fourth-order valence-electron chi connectivity index (χ4n) is 3.04. The van der Waals surface area contributed by atoms with Gasteiger partial charge in [-0.1, -0.05) is 24.3 Å². The molecule has 1 fully saturated rings. The van der Waals surface area contributed by atoms with Crippen LogP contribution in [0.1, 0.15) is 37.3 Å². The van der Waals surface area contributed by atoms with Crippen molar-refractivity contribution in [2.45, 2.75) is 50.7 Å². The van der Waals surface area contributed by atoms with E-state index in [9.17, 15) is 0 Å². The van der Waals surface area contributed by atoms with Crippen LogP contribution < -0.4 is 0 Å². The van der Waals surface area contributed by atoms with Crippen LogP contribution in [-0.2, 0) is 10.2 Å². The predicted molar refractivity (Wildman–Crippen MR) is 82.5 cm³/mol. The van der Waals surface area contributed by atoms with Crippen molar-refractivity contribution in [3.05, 3.63) is 35.4 Å². The van der Waals surface area contributed by atoms with Gasteiger partial charge in [-0.25, -0.2) is 0 Å². The summed E-state index contributed by atoms with van der Waals surface area (Å²) in [6.07, 6.45) is 3.81. The summed E-state index contributed by atoms with van der Waals surface area (Å²) in [6, 6.07) is 8.40. The Balaban J connectivity index is 2.25. The number of benzene rings is 1. The molecule has 2 atom stereocenters. The molecule has 0 spiro atoms. The van der Waals surface area contributed by atoms with Crippen molar-refractivity contribution >= 4 is 23.2 Å². The third-order valence-corrected chi connectivity index (χ3v) is 5.19. The Morgan fingerprint density at radius 1 is 1.21 bits per heavy atom. The average Bonchev–Trinajstić information content (AvgIpc) is 2.82. The van der Waals surface area contributed by atoms with E-state index in [1.807, 2.05) is 0 Å². The van der Waals surface area contributed by atoms with E-state index in [1.165, 1.54) is 11.1 Å². The molecule has 1 saturated heterocycles. The van der Waals surface area contributed by atoms with Gasteiger partial charge in [0, 0.05) is 17.2 Å². The molecule has 2 unspecified atom stereocenters. The van der Waals surface area contributed by atoms with Crippen molar-refractivity contribution in [1.29, 1.82) is 0 Å². The quantitative estimate of drug-likeness (QED) is 0.718. The Kier molecular flexibility index (Phi) is 5.16. The summed E-state index contributed by atoms with van der Waals surface area (Å²) in [4.78, 5) is 0. The molecule has 3 heteroatoms. The molecular weight excluding hydrogens is 279 g/mol. The van der Waals surface area contributed by atoms with Crippen molar-refractivity contribution < 1.29 is 4.74 Å². The lowest BCUT2D eigenvalue weighted by atomic mass is 9.77. The zero-order chi connectivity index (χ0) is 13.9. The molecule has 1 aromatic carbocycles. The number of hydrogen-bond donors (Lipinski definition) is 0. The summed E-state index contributed by atoms with van der Waals surface area (Å²) in [5.74, 6) is 1.07. The highest BCUT2D eigenvalue weighted by Crippen LogP contribution is 2.38. The van der Waals surface area contributed by atoms with Crippen LogP contribution in [0.4, 0.5) is 0 Å². The molecule has 0 saturated carbocycles. The van der Waals surface area contributed by atoms with Gasteiger partial charge in [0.1, 0.15) is 0 Å². The van der Waals surface area contributed by atoms with Crippen LogP contribution in [0.15, 0.2) is 24.3 Å². The maximum atomic E-state index is 6.31. The molecule has 19 heavy (non-hydrogen) atoms. The Labute approximate surface area is 126 Å². The highest BCUT2D eigenvalue weighted by atomic mass is 35.5. The highest BCUT2D eigenvalue weighted by molar-refractivity contribution is 6.22. The molecule has 0 aliphatic carbocycles. The molecule has 1 aliphatic rings. The van der Waals surface area contributed by atoms with Crippen molar-refractivity contribution in [3.63, 3.8) is 0 Å². The van der Waals surface area contributed by atoms with Gasteiger partial charge in [0.25, 0.3) is 0 Å². The molecule has 1 aliphatic heterocycles. The maximum absolute atomic E-state index is 6.31. The zero-order valence-corrected chi connectivity index (χ0v) is 13.2. The first-order valence-corrected chi connectivity index (χ1v) is 8.02. The lowest BCUT2D eigenvalue weighted by molar-refractivity contribution is 0.0400. The van der Waals surface area contributed by atoms with E-state index in [0.717, 1.165) is 19.3 Å². The third kappa shape index (κ3) is 3.26. The number of aryl methyl sites for hydroxylation is 1. The Morgan fingerprint density at radius 2 is 1.89 bits per heavy atom. The average molecular weight is 301 g/mol. The second kappa shape index (κ2) is 6.47. The summed E-state index contributed by atoms with van der Waals surface area (Å²) < 4.78 is 5.96. The molecule has 0 radical (unpaired) electrons. The van der Waals surface area contributed by atoms with E-state index in [0.29, 0.717) is 17.9 Å². The first-order valence-electron chi connectivity index (χ1n) is 6.95. The van der Waals surface area contributed by atoms with Gasteiger partial charge in [0.15, 0.2) is 0 Å². The summed E-state index contributed by atoms with van der Waals surface area (Å²) in [7, 11) is 0. The molecule has 0 amide bonds. The SMILES string of the molecule is Cc1ccccc1C(CCl)(CCl)CC1CCC(C)O1. The fraction of sp³-hybridized carbons (Fsp3) is 0.625. The molecule has 2 rings (SSSR count). The largest absolute Gasteiger partial charge is 0.375 e. The standard InChI is InChI=1S/C16H22Cl2O/c1-12-5-3-4-6-15(12)16(10-17,11-18)9-14-8-7-13(2)19-14/h3-6,13-14H,7-11H2,1-2H3. The number of halogens is 2. The first kappa shape index (κ1) is 15.2. The topological polar surface area (TPSA) is 9.23 Å². The lowest BCUT2D eigenvalue weighted by Crippen LogP contribution is -2.35. The minimum absolute atomic E-state index is 0.177. The van der Waals surface area contributed by atoms with E-state index in [-0.39, 0.29) is 11.5 Å². The summed E-state index contributed by atoms with van der Waals surface area (Å²) >= 11 is 12.6. The number of hydrogen-bond acceptors (Lipinski definition) is 1. The second-order valence-electron chi connectivity index (χ2n) is 5.71. The summed E-state index contributed by atoms with van der Waals surface area (Å²) in [6.45, 7) is 4.26. The predicted octanol–water partition coefficient (Wildman–Crippen LogP) is 4.67. The van der Waals surface area contributed by atoms with Crippen molar-refractivity contribution in [2.75, 3.05) is 11.8 Å². The molecular formula is C16H22Cl2O. The summed E-state index contributed by atoms with van der Waals surface area (Å²) in [5.41, 5.74) is 2.35. The first-order chi connectivity index (χ1) is 9.11. The van der Waals surface area contributed by atoms with Gasteiger partial charge in [-0.2, -0.15) is 0 Å². The molecule has 1 aromatic rings. The Bertz CT molecular complexity index is 415. The monoisotopic (exact) mass is 300 g/mol. The molecule has 0 bridgehead atoms. The van der Waals surface area contributed by atoms with Crippen molar-refractivity contribution in [1.82, 2.24) is 0 Å².